The highest BCUT2D eigenvalue weighted by Gasteiger charge is 2.31. The van der Waals surface area contributed by atoms with Gasteiger partial charge in [0.15, 0.2) is 0 Å². The van der Waals surface area contributed by atoms with Crippen molar-refractivity contribution in [2.24, 2.45) is 0 Å². The standard InChI is InChI=1S/C18H22ClN5O.ClH/c19-15-2-1-3-16(10-15)24-12-14(11-21-24)18(25)23-7-4-17(13-23)22-8-5-20-6-9-22;/h1-3,10-12,17,20H,4-9,13H2;1H. The van der Waals surface area contributed by atoms with Crippen molar-refractivity contribution >= 4 is 29.9 Å². The molecule has 0 bridgehead atoms. The summed E-state index contributed by atoms with van der Waals surface area (Å²) in [5.74, 6) is 0.0610. The number of aromatic nitrogens is 2. The monoisotopic (exact) mass is 395 g/mol. The molecule has 26 heavy (non-hydrogen) atoms. The summed E-state index contributed by atoms with van der Waals surface area (Å²) in [6.07, 6.45) is 4.47. The Labute approximate surface area is 164 Å². The molecule has 3 heterocycles. The molecule has 6 nitrogen and oxygen atoms in total. The quantitative estimate of drug-likeness (QED) is 0.863. The van der Waals surface area contributed by atoms with Crippen LogP contribution in [0.15, 0.2) is 36.7 Å². The van der Waals surface area contributed by atoms with Crippen molar-refractivity contribution in [2.75, 3.05) is 39.3 Å². The number of carbonyl (C=O) groups is 1. The number of halogens is 2. The number of nitrogens with one attached hydrogen (secondary N) is 1. The third kappa shape index (κ3) is 4.04. The van der Waals surface area contributed by atoms with E-state index in [0.29, 0.717) is 16.6 Å². The first-order valence-electron chi connectivity index (χ1n) is 8.75. The largest absolute Gasteiger partial charge is 0.337 e. The number of hydrogen-bond acceptors (Lipinski definition) is 4. The lowest BCUT2D eigenvalue weighted by Crippen LogP contribution is -2.49. The second kappa shape index (κ2) is 8.39. The fourth-order valence-corrected chi connectivity index (χ4v) is 3.83. The molecule has 1 amide bonds. The Bertz CT molecular complexity index is 760. The summed E-state index contributed by atoms with van der Waals surface area (Å²) >= 11 is 6.03. The molecule has 1 aromatic heterocycles. The van der Waals surface area contributed by atoms with Crippen LogP contribution in [0.5, 0.6) is 0 Å². The molecule has 140 valence electrons. The van der Waals surface area contributed by atoms with Gasteiger partial charge >= 0.3 is 0 Å². The summed E-state index contributed by atoms with van der Waals surface area (Å²) in [7, 11) is 0. The summed E-state index contributed by atoms with van der Waals surface area (Å²) in [5, 5.41) is 8.35. The third-order valence-corrected chi connectivity index (χ3v) is 5.26. The van der Waals surface area contributed by atoms with Gasteiger partial charge in [0.2, 0.25) is 0 Å². The Morgan fingerprint density at radius 1 is 1.23 bits per heavy atom. The average Bonchev–Trinajstić information content (AvgIpc) is 3.32. The van der Waals surface area contributed by atoms with E-state index in [1.807, 2.05) is 29.2 Å². The lowest BCUT2D eigenvalue weighted by Gasteiger charge is -2.32. The van der Waals surface area contributed by atoms with Gasteiger partial charge < -0.3 is 10.2 Å². The molecule has 1 aromatic carbocycles. The molecule has 8 heteroatoms. The zero-order valence-corrected chi connectivity index (χ0v) is 16.0. The minimum atomic E-state index is 0. The van der Waals surface area contributed by atoms with Crippen molar-refractivity contribution in [2.45, 2.75) is 12.5 Å². The maximum Gasteiger partial charge on any atom is 0.257 e. The van der Waals surface area contributed by atoms with Crippen LogP contribution in [0.3, 0.4) is 0 Å². The van der Waals surface area contributed by atoms with Crippen LogP contribution in [0, 0.1) is 0 Å². The first-order chi connectivity index (χ1) is 12.2. The average molecular weight is 396 g/mol. The molecule has 1 unspecified atom stereocenters. The second-order valence-corrected chi connectivity index (χ2v) is 7.07. The molecule has 2 aliphatic heterocycles. The molecule has 4 rings (SSSR count). The Morgan fingerprint density at radius 2 is 2.04 bits per heavy atom. The van der Waals surface area contributed by atoms with E-state index in [1.165, 1.54) is 0 Å². The van der Waals surface area contributed by atoms with E-state index in [0.717, 1.165) is 51.4 Å². The molecule has 2 fully saturated rings. The normalized spacial score (nSPS) is 20.8. The van der Waals surface area contributed by atoms with Gasteiger partial charge in [0, 0.05) is 56.5 Å². The Morgan fingerprint density at radius 3 is 2.81 bits per heavy atom. The summed E-state index contributed by atoms with van der Waals surface area (Å²) in [6.45, 7) is 5.84. The van der Waals surface area contributed by atoms with Gasteiger partial charge in [-0.3, -0.25) is 9.69 Å². The van der Waals surface area contributed by atoms with Crippen molar-refractivity contribution in [1.82, 2.24) is 24.9 Å². The Kier molecular flexibility index (Phi) is 6.19. The summed E-state index contributed by atoms with van der Waals surface area (Å²) in [4.78, 5) is 17.3. The van der Waals surface area contributed by atoms with Gasteiger partial charge in [0.1, 0.15) is 0 Å². The summed E-state index contributed by atoms with van der Waals surface area (Å²) < 4.78 is 1.70. The minimum absolute atomic E-state index is 0. The maximum atomic E-state index is 12.8. The number of carbonyl (C=O) groups excluding carboxylic acids is 1. The van der Waals surface area contributed by atoms with Crippen LogP contribution in [-0.2, 0) is 0 Å². The van der Waals surface area contributed by atoms with Gasteiger partial charge in [-0.2, -0.15) is 5.10 Å². The topological polar surface area (TPSA) is 53.4 Å². The molecule has 2 aliphatic rings. The molecule has 2 saturated heterocycles. The van der Waals surface area contributed by atoms with Crippen molar-refractivity contribution in [3.8, 4) is 5.69 Å². The van der Waals surface area contributed by atoms with Crippen molar-refractivity contribution < 1.29 is 4.79 Å². The van der Waals surface area contributed by atoms with Crippen LogP contribution >= 0.6 is 24.0 Å². The van der Waals surface area contributed by atoms with E-state index in [-0.39, 0.29) is 18.3 Å². The number of amides is 1. The number of hydrogen-bond donors (Lipinski definition) is 1. The number of nitrogens with zero attached hydrogens (tertiary/aromatic N) is 4. The van der Waals surface area contributed by atoms with E-state index in [4.69, 9.17) is 11.6 Å². The van der Waals surface area contributed by atoms with Crippen LogP contribution in [0.1, 0.15) is 16.8 Å². The first-order valence-corrected chi connectivity index (χ1v) is 9.13. The molecule has 2 aromatic rings. The maximum absolute atomic E-state index is 12.8. The van der Waals surface area contributed by atoms with Gasteiger partial charge in [0.25, 0.3) is 5.91 Å². The second-order valence-electron chi connectivity index (χ2n) is 6.63. The van der Waals surface area contributed by atoms with Crippen molar-refractivity contribution in [1.29, 1.82) is 0 Å². The molecule has 0 aliphatic carbocycles. The van der Waals surface area contributed by atoms with Crippen LogP contribution in [0.2, 0.25) is 5.02 Å². The zero-order valence-electron chi connectivity index (χ0n) is 14.5. The van der Waals surface area contributed by atoms with E-state index >= 15 is 0 Å². The molecule has 1 N–H and O–H groups in total. The van der Waals surface area contributed by atoms with Crippen LogP contribution < -0.4 is 5.32 Å². The van der Waals surface area contributed by atoms with Gasteiger partial charge in [-0.25, -0.2) is 4.68 Å². The van der Waals surface area contributed by atoms with Crippen molar-refractivity contribution in [3.63, 3.8) is 0 Å². The van der Waals surface area contributed by atoms with E-state index in [9.17, 15) is 4.79 Å². The van der Waals surface area contributed by atoms with Gasteiger partial charge in [0.05, 0.1) is 17.4 Å². The third-order valence-electron chi connectivity index (χ3n) is 5.02. The molecule has 0 saturated carbocycles. The number of piperazine rings is 1. The number of likely N-dealkylation sites (tertiary alicyclic amines) is 1. The fraction of sp³-hybridized carbons (Fsp3) is 0.444. The molecular formula is C18H23Cl2N5O. The molecular weight excluding hydrogens is 373 g/mol. The van der Waals surface area contributed by atoms with Gasteiger partial charge in [-0.05, 0) is 24.6 Å². The SMILES string of the molecule is Cl.O=C(c1cnn(-c2cccc(Cl)c2)c1)N1CCC(N2CCNCC2)C1. The van der Waals surface area contributed by atoms with E-state index in [1.54, 1.807) is 17.1 Å². The lowest BCUT2D eigenvalue weighted by atomic mass is 10.2. The number of rotatable bonds is 3. The van der Waals surface area contributed by atoms with E-state index in [2.05, 4.69) is 15.3 Å². The Hall–Kier alpha value is -1.60. The zero-order chi connectivity index (χ0) is 17.2. The molecule has 0 radical (unpaired) electrons. The predicted molar refractivity (Wildman–Crippen MR) is 105 cm³/mol. The van der Waals surface area contributed by atoms with Crippen molar-refractivity contribution in [3.05, 3.63) is 47.2 Å². The Balaban J connectivity index is 0.00000196. The van der Waals surface area contributed by atoms with Crippen LogP contribution in [0.4, 0.5) is 0 Å². The smallest absolute Gasteiger partial charge is 0.257 e. The molecule has 0 spiro atoms. The predicted octanol–water partition coefficient (Wildman–Crippen LogP) is 2.07. The highest BCUT2D eigenvalue weighted by Crippen LogP contribution is 2.20. The van der Waals surface area contributed by atoms with Crippen LogP contribution in [-0.4, -0.2) is 70.8 Å². The number of benzene rings is 1. The lowest BCUT2D eigenvalue weighted by molar-refractivity contribution is 0.0773. The highest BCUT2D eigenvalue weighted by atomic mass is 35.5. The molecule has 1 atom stereocenters. The van der Waals surface area contributed by atoms with Gasteiger partial charge in [-0.1, -0.05) is 17.7 Å². The highest BCUT2D eigenvalue weighted by molar-refractivity contribution is 6.30. The first kappa shape index (κ1) is 19.2. The summed E-state index contributed by atoms with van der Waals surface area (Å²) in [6, 6.07) is 7.93. The summed E-state index contributed by atoms with van der Waals surface area (Å²) in [5.41, 5.74) is 1.48. The minimum Gasteiger partial charge on any atom is -0.337 e. The van der Waals surface area contributed by atoms with Crippen LogP contribution in [0.25, 0.3) is 5.69 Å². The van der Waals surface area contributed by atoms with E-state index < -0.39 is 0 Å². The van der Waals surface area contributed by atoms with Gasteiger partial charge in [-0.15, -0.1) is 12.4 Å². The fourth-order valence-electron chi connectivity index (χ4n) is 3.65.